The molecule has 1 heterocycles. The summed E-state index contributed by atoms with van der Waals surface area (Å²) in [7, 11) is 0. The van der Waals surface area contributed by atoms with Crippen molar-refractivity contribution >= 4 is 34.5 Å². The summed E-state index contributed by atoms with van der Waals surface area (Å²) in [4.78, 5) is 14.6. The molecule has 0 unspecified atom stereocenters. The Labute approximate surface area is 111 Å². The molecule has 0 aromatic carbocycles. The van der Waals surface area contributed by atoms with Gasteiger partial charge in [-0.15, -0.1) is 0 Å². The van der Waals surface area contributed by atoms with Crippen LogP contribution in [0.1, 0.15) is 24.8 Å². The molecule has 2 rings (SSSR count). The maximum absolute atomic E-state index is 12.2. The van der Waals surface area contributed by atoms with Crippen molar-refractivity contribution in [3.8, 4) is 0 Å². The Kier molecular flexibility index (Phi) is 4.12. The fourth-order valence-corrected chi connectivity index (χ4v) is 2.56. The Morgan fingerprint density at radius 3 is 2.88 bits per heavy atom. The predicted octanol–water partition coefficient (Wildman–Crippen LogP) is 1.96. The number of carbonyl (C=O) groups excluding carboxylic acids is 1. The van der Waals surface area contributed by atoms with Gasteiger partial charge in [0, 0.05) is 19.0 Å². The van der Waals surface area contributed by atoms with Gasteiger partial charge in [0.1, 0.15) is 0 Å². The van der Waals surface area contributed by atoms with Gasteiger partial charge in [0.05, 0.1) is 11.4 Å². The molecular weight excluding hydrogens is 252 g/mol. The van der Waals surface area contributed by atoms with Crippen LogP contribution in [0.4, 0.5) is 0 Å². The summed E-state index contributed by atoms with van der Waals surface area (Å²) < 4.78 is 0. The van der Waals surface area contributed by atoms with Crippen LogP contribution in [0.25, 0.3) is 0 Å². The summed E-state index contributed by atoms with van der Waals surface area (Å²) in [6, 6.07) is 2.43. The molecule has 17 heavy (non-hydrogen) atoms. The average Bonchev–Trinajstić information content (AvgIpc) is 2.97. The van der Waals surface area contributed by atoms with Crippen LogP contribution in [0.15, 0.2) is 16.8 Å². The molecule has 0 aliphatic heterocycles. The number of hydrogen-bond acceptors (Lipinski definition) is 3. The quantitative estimate of drug-likeness (QED) is 0.802. The molecule has 0 spiro atoms. The van der Waals surface area contributed by atoms with Gasteiger partial charge in [-0.1, -0.05) is 12.2 Å². The molecule has 0 atom stereocenters. The SMILES string of the molecule is NC(=S)CCN(C(=O)Cc1ccsc1)C1CC1. The number of amides is 1. The Bertz CT molecular complexity index is 399. The normalized spacial score (nSPS) is 14.6. The van der Waals surface area contributed by atoms with E-state index in [0.29, 0.717) is 30.4 Å². The van der Waals surface area contributed by atoms with Crippen molar-refractivity contribution < 1.29 is 4.79 Å². The second-order valence-electron chi connectivity index (χ2n) is 4.34. The summed E-state index contributed by atoms with van der Waals surface area (Å²) in [6.07, 6.45) is 3.36. The first-order valence-electron chi connectivity index (χ1n) is 5.75. The molecule has 1 aromatic heterocycles. The third kappa shape index (κ3) is 3.78. The fraction of sp³-hybridized carbons (Fsp3) is 0.500. The van der Waals surface area contributed by atoms with E-state index in [1.54, 1.807) is 11.3 Å². The molecule has 1 amide bonds. The molecule has 1 fully saturated rings. The van der Waals surface area contributed by atoms with Crippen LogP contribution in [0.2, 0.25) is 0 Å². The van der Waals surface area contributed by atoms with Crippen molar-refractivity contribution in [2.45, 2.75) is 31.7 Å². The molecule has 1 aromatic rings. The highest BCUT2D eigenvalue weighted by atomic mass is 32.1. The molecule has 2 N–H and O–H groups in total. The van der Waals surface area contributed by atoms with Gasteiger partial charge in [-0.3, -0.25) is 4.79 Å². The third-order valence-electron chi connectivity index (χ3n) is 2.84. The molecule has 1 saturated carbocycles. The lowest BCUT2D eigenvalue weighted by molar-refractivity contribution is -0.130. The average molecular weight is 268 g/mol. The Morgan fingerprint density at radius 1 is 1.59 bits per heavy atom. The summed E-state index contributed by atoms with van der Waals surface area (Å²) in [5.41, 5.74) is 6.59. The van der Waals surface area contributed by atoms with E-state index in [4.69, 9.17) is 18.0 Å². The zero-order valence-electron chi connectivity index (χ0n) is 9.59. The van der Waals surface area contributed by atoms with Crippen molar-refractivity contribution in [1.82, 2.24) is 4.90 Å². The minimum Gasteiger partial charge on any atom is -0.393 e. The van der Waals surface area contributed by atoms with E-state index in [-0.39, 0.29) is 5.91 Å². The number of hydrogen-bond donors (Lipinski definition) is 1. The number of nitrogens with two attached hydrogens (primary N) is 1. The zero-order valence-corrected chi connectivity index (χ0v) is 11.2. The summed E-state index contributed by atoms with van der Waals surface area (Å²) >= 11 is 6.49. The van der Waals surface area contributed by atoms with Gasteiger partial charge in [0.2, 0.25) is 5.91 Å². The van der Waals surface area contributed by atoms with Crippen molar-refractivity contribution in [2.75, 3.05) is 6.54 Å². The van der Waals surface area contributed by atoms with Crippen LogP contribution in [0.5, 0.6) is 0 Å². The van der Waals surface area contributed by atoms with E-state index in [0.717, 1.165) is 18.4 Å². The van der Waals surface area contributed by atoms with Gasteiger partial charge in [-0.2, -0.15) is 11.3 Å². The second kappa shape index (κ2) is 5.60. The van der Waals surface area contributed by atoms with Crippen LogP contribution in [-0.4, -0.2) is 28.4 Å². The van der Waals surface area contributed by atoms with E-state index in [2.05, 4.69) is 0 Å². The predicted molar refractivity (Wildman–Crippen MR) is 74.2 cm³/mol. The summed E-state index contributed by atoms with van der Waals surface area (Å²) in [5, 5.41) is 4.02. The zero-order chi connectivity index (χ0) is 12.3. The lowest BCUT2D eigenvalue weighted by atomic mass is 10.2. The van der Waals surface area contributed by atoms with Crippen molar-refractivity contribution in [3.05, 3.63) is 22.4 Å². The smallest absolute Gasteiger partial charge is 0.227 e. The van der Waals surface area contributed by atoms with Crippen molar-refractivity contribution in [1.29, 1.82) is 0 Å². The number of rotatable bonds is 6. The Hall–Kier alpha value is -0.940. The van der Waals surface area contributed by atoms with E-state index >= 15 is 0 Å². The monoisotopic (exact) mass is 268 g/mol. The van der Waals surface area contributed by atoms with E-state index in [9.17, 15) is 4.79 Å². The lowest BCUT2D eigenvalue weighted by Crippen LogP contribution is -2.36. The third-order valence-corrected chi connectivity index (χ3v) is 3.78. The standard InChI is InChI=1S/C12H16N2OS2/c13-11(16)3-5-14(10-1-2-10)12(15)7-9-4-6-17-8-9/h4,6,8,10H,1-3,5,7H2,(H2,13,16). The van der Waals surface area contributed by atoms with Crippen LogP contribution >= 0.6 is 23.6 Å². The maximum atomic E-state index is 12.2. The van der Waals surface area contributed by atoms with Crippen LogP contribution in [-0.2, 0) is 11.2 Å². The molecule has 1 aliphatic rings. The highest BCUT2D eigenvalue weighted by Crippen LogP contribution is 2.27. The highest BCUT2D eigenvalue weighted by molar-refractivity contribution is 7.80. The van der Waals surface area contributed by atoms with Crippen LogP contribution in [0.3, 0.4) is 0 Å². The summed E-state index contributed by atoms with van der Waals surface area (Å²) in [5.74, 6) is 0.196. The number of carbonyl (C=O) groups is 1. The van der Waals surface area contributed by atoms with Gasteiger partial charge in [-0.25, -0.2) is 0 Å². The highest BCUT2D eigenvalue weighted by Gasteiger charge is 2.32. The topological polar surface area (TPSA) is 46.3 Å². The fourth-order valence-electron chi connectivity index (χ4n) is 1.80. The van der Waals surface area contributed by atoms with Gasteiger partial charge in [0.25, 0.3) is 0 Å². The molecule has 92 valence electrons. The van der Waals surface area contributed by atoms with Gasteiger partial charge >= 0.3 is 0 Å². The molecule has 0 bridgehead atoms. The Balaban J connectivity index is 1.91. The van der Waals surface area contributed by atoms with Gasteiger partial charge in [-0.05, 0) is 35.2 Å². The number of thiophene rings is 1. The van der Waals surface area contributed by atoms with Crippen LogP contribution < -0.4 is 5.73 Å². The minimum absolute atomic E-state index is 0.196. The first-order valence-corrected chi connectivity index (χ1v) is 7.11. The minimum atomic E-state index is 0.196. The van der Waals surface area contributed by atoms with E-state index in [1.807, 2.05) is 21.7 Å². The molecule has 0 saturated heterocycles. The van der Waals surface area contributed by atoms with Crippen LogP contribution in [0, 0.1) is 0 Å². The maximum Gasteiger partial charge on any atom is 0.227 e. The van der Waals surface area contributed by atoms with Crippen molar-refractivity contribution in [3.63, 3.8) is 0 Å². The first-order chi connectivity index (χ1) is 8.16. The summed E-state index contributed by atoms with van der Waals surface area (Å²) in [6.45, 7) is 0.670. The van der Waals surface area contributed by atoms with Gasteiger partial charge < -0.3 is 10.6 Å². The molecule has 5 heteroatoms. The largest absolute Gasteiger partial charge is 0.393 e. The second-order valence-corrected chi connectivity index (χ2v) is 5.65. The van der Waals surface area contributed by atoms with E-state index in [1.165, 1.54) is 0 Å². The molecule has 1 aliphatic carbocycles. The first kappa shape index (κ1) is 12.5. The van der Waals surface area contributed by atoms with Crippen molar-refractivity contribution in [2.24, 2.45) is 5.73 Å². The number of thiocarbonyl (C=S) groups is 1. The molecule has 0 radical (unpaired) electrons. The molecular formula is C12H16N2OS2. The Morgan fingerprint density at radius 2 is 2.35 bits per heavy atom. The molecule has 3 nitrogen and oxygen atoms in total. The van der Waals surface area contributed by atoms with E-state index < -0.39 is 0 Å². The van der Waals surface area contributed by atoms with Gasteiger partial charge in [0.15, 0.2) is 0 Å². The number of nitrogens with zero attached hydrogens (tertiary/aromatic N) is 1. The lowest BCUT2D eigenvalue weighted by Gasteiger charge is -2.22.